The summed E-state index contributed by atoms with van der Waals surface area (Å²) >= 11 is 0. The predicted octanol–water partition coefficient (Wildman–Crippen LogP) is 3.08. The summed E-state index contributed by atoms with van der Waals surface area (Å²) in [5.41, 5.74) is 0.785. The van der Waals surface area contributed by atoms with Crippen molar-refractivity contribution in [2.24, 2.45) is 5.41 Å². The predicted molar refractivity (Wildman–Crippen MR) is 77.5 cm³/mol. The van der Waals surface area contributed by atoms with E-state index < -0.39 is 0 Å². The molecular formula is C16H22O4. The van der Waals surface area contributed by atoms with Crippen LogP contribution in [0.2, 0.25) is 0 Å². The van der Waals surface area contributed by atoms with Gasteiger partial charge in [0, 0.05) is 11.0 Å². The molecule has 1 aliphatic heterocycles. The van der Waals surface area contributed by atoms with E-state index in [0.29, 0.717) is 19.8 Å². The molecule has 0 aromatic heterocycles. The highest BCUT2D eigenvalue weighted by Gasteiger charge is 2.35. The molecule has 1 fully saturated rings. The molecule has 110 valence electrons. The number of para-hydroxylation sites is 1. The molecule has 0 bridgehead atoms. The highest BCUT2D eigenvalue weighted by Crippen LogP contribution is 2.29. The fourth-order valence-electron chi connectivity index (χ4n) is 2.03. The van der Waals surface area contributed by atoms with Gasteiger partial charge in [-0.1, -0.05) is 32.0 Å². The molecule has 1 saturated heterocycles. The summed E-state index contributed by atoms with van der Waals surface area (Å²) in [5.74, 6) is 0.826. The molecule has 0 N–H and O–H groups in total. The van der Waals surface area contributed by atoms with Gasteiger partial charge in [0.05, 0.1) is 33.2 Å². The maximum absolute atomic E-state index is 5.94. The lowest BCUT2D eigenvalue weighted by Gasteiger charge is -2.29. The van der Waals surface area contributed by atoms with Crippen LogP contribution in [0, 0.1) is 5.41 Å². The normalized spacial score (nSPS) is 16.8. The number of hydrogen-bond acceptors (Lipinski definition) is 4. The second-order valence-corrected chi connectivity index (χ2v) is 5.43. The Morgan fingerprint density at radius 2 is 1.95 bits per heavy atom. The van der Waals surface area contributed by atoms with Gasteiger partial charge in [-0.2, -0.15) is 0 Å². The van der Waals surface area contributed by atoms with E-state index in [9.17, 15) is 0 Å². The Labute approximate surface area is 120 Å². The molecule has 1 aromatic carbocycles. The first-order valence-corrected chi connectivity index (χ1v) is 6.78. The van der Waals surface area contributed by atoms with E-state index in [4.69, 9.17) is 18.9 Å². The van der Waals surface area contributed by atoms with E-state index in [0.717, 1.165) is 11.3 Å². The largest absolute Gasteiger partial charge is 0.504 e. The van der Waals surface area contributed by atoms with Gasteiger partial charge in [0.25, 0.3) is 0 Å². The first kappa shape index (κ1) is 14.9. The Hall–Kier alpha value is -1.52. The van der Waals surface area contributed by atoms with Crippen molar-refractivity contribution in [3.8, 4) is 5.75 Å². The van der Waals surface area contributed by atoms with Gasteiger partial charge >= 0.3 is 0 Å². The summed E-state index contributed by atoms with van der Waals surface area (Å²) in [7, 11) is 1.62. The zero-order chi connectivity index (χ0) is 14.4. The van der Waals surface area contributed by atoms with E-state index in [1.54, 1.807) is 13.4 Å². The van der Waals surface area contributed by atoms with Gasteiger partial charge < -0.3 is 18.9 Å². The van der Waals surface area contributed by atoms with E-state index >= 15 is 0 Å². The SMILES string of the molecule is CO/C=C\c1ccccc1OCC(C)(C)C1OCCO1. The molecular weight excluding hydrogens is 256 g/mol. The number of methoxy groups -OCH3 is 1. The van der Waals surface area contributed by atoms with Crippen LogP contribution >= 0.6 is 0 Å². The van der Waals surface area contributed by atoms with Gasteiger partial charge in [0.1, 0.15) is 5.75 Å². The van der Waals surface area contributed by atoms with Crippen LogP contribution in [0.15, 0.2) is 30.5 Å². The topological polar surface area (TPSA) is 36.9 Å². The van der Waals surface area contributed by atoms with Crippen LogP contribution in [0.1, 0.15) is 19.4 Å². The van der Waals surface area contributed by atoms with Gasteiger partial charge in [0.2, 0.25) is 0 Å². The fourth-order valence-corrected chi connectivity index (χ4v) is 2.03. The lowest BCUT2D eigenvalue weighted by molar-refractivity contribution is -0.131. The van der Waals surface area contributed by atoms with Crippen molar-refractivity contribution < 1.29 is 18.9 Å². The molecule has 1 aromatic rings. The molecule has 1 aliphatic rings. The van der Waals surface area contributed by atoms with Gasteiger partial charge in [0.15, 0.2) is 6.29 Å². The molecule has 0 atom stereocenters. The van der Waals surface area contributed by atoms with Crippen molar-refractivity contribution >= 4 is 6.08 Å². The lowest BCUT2D eigenvalue weighted by Crippen LogP contribution is -2.35. The quantitative estimate of drug-likeness (QED) is 0.749. The Balaban J connectivity index is 2.01. The molecule has 2 rings (SSSR count). The van der Waals surface area contributed by atoms with Crippen molar-refractivity contribution in [3.05, 3.63) is 36.1 Å². The van der Waals surface area contributed by atoms with Crippen LogP contribution < -0.4 is 4.74 Å². The van der Waals surface area contributed by atoms with Gasteiger partial charge in [-0.05, 0) is 12.1 Å². The fraction of sp³-hybridized carbons (Fsp3) is 0.500. The molecule has 0 unspecified atom stereocenters. The number of hydrogen-bond donors (Lipinski definition) is 0. The van der Waals surface area contributed by atoms with E-state index in [1.807, 2.05) is 30.3 Å². The van der Waals surface area contributed by atoms with Crippen molar-refractivity contribution in [1.82, 2.24) is 0 Å². The van der Waals surface area contributed by atoms with Crippen molar-refractivity contribution in [2.45, 2.75) is 20.1 Å². The van der Waals surface area contributed by atoms with Crippen LogP contribution in [-0.2, 0) is 14.2 Å². The van der Waals surface area contributed by atoms with Crippen LogP contribution in [-0.4, -0.2) is 33.2 Å². The molecule has 4 nitrogen and oxygen atoms in total. The zero-order valence-corrected chi connectivity index (χ0v) is 12.3. The molecule has 1 heterocycles. The molecule has 0 amide bonds. The van der Waals surface area contributed by atoms with Crippen LogP contribution in [0.4, 0.5) is 0 Å². The van der Waals surface area contributed by atoms with Gasteiger partial charge in [-0.25, -0.2) is 0 Å². The van der Waals surface area contributed by atoms with Crippen molar-refractivity contribution in [2.75, 3.05) is 26.9 Å². The average molecular weight is 278 g/mol. The van der Waals surface area contributed by atoms with E-state index in [1.165, 1.54) is 0 Å². The van der Waals surface area contributed by atoms with Crippen molar-refractivity contribution in [3.63, 3.8) is 0 Å². The van der Waals surface area contributed by atoms with Crippen LogP contribution in [0.3, 0.4) is 0 Å². The zero-order valence-electron chi connectivity index (χ0n) is 12.3. The molecule has 0 spiro atoms. The number of ether oxygens (including phenoxy) is 4. The minimum absolute atomic E-state index is 0.200. The van der Waals surface area contributed by atoms with Crippen LogP contribution in [0.25, 0.3) is 6.08 Å². The Kier molecular flexibility index (Phi) is 5.04. The minimum atomic E-state index is -0.204. The molecule has 0 saturated carbocycles. The summed E-state index contributed by atoms with van der Waals surface area (Å²) in [6.07, 6.45) is 3.31. The standard InChI is InChI=1S/C16H22O4/c1-16(2,15-18-10-11-19-15)12-20-14-7-5-4-6-13(14)8-9-17-3/h4-9,15H,10-12H2,1-3H3/b9-8-. The highest BCUT2D eigenvalue weighted by atomic mass is 16.7. The molecule has 20 heavy (non-hydrogen) atoms. The third-order valence-corrected chi connectivity index (χ3v) is 3.16. The summed E-state index contributed by atoms with van der Waals surface area (Å²) in [6.45, 7) is 5.99. The number of rotatable bonds is 6. The maximum Gasteiger partial charge on any atom is 0.166 e. The smallest absolute Gasteiger partial charge is 0.166 e. The van der Waals surface area contributed by atoms with Gasteiger partial charge in [-0.3, -0.25) is 0 Å². The summed E-state index contributed by atoms with van der Waals surface area (Å²) in [4.78, 5) is 0. The maximum atomic E-state index is 5.94. The molecule has 0 aliphatic carbocycles. The van der Waals surface area contributed by atoms with Crippen LogP contribution in [0.5, 0.6) is 5.75 Å². The number of benzene rings is 1. The van der Waals surface area contributed by atoms with E-state index in [2.05, 4.69) is 13.8 Å². The second kappa shape index (κ2) is 6.77. The Morgan fingerprint density at radius 3 is 2.65 bits per heavy atom. The van der Waals surface area contributed by atoms with E-state index in [-0.39, 0.29) is 11.7 Å². The van der Waals surface area contributed by atoms with Crippen molar-refractivity contribution in [1.29, 1.82) is 0 Å². The third kappa shape index (κ3) is 3.74. The summed E-state index contributed by atoms with van der Waals surface area (Å²) < 4.78 is 22.0. The molecule has 4 heteroatoms. The molecule has 0 radical (unpaired) electrons. The monoisotopic (exact) mass is 278 g/mol. The second-order valence-electron chi connectivity index (χ2n) is 5.43. The Morgan fingerprint density at radius 1 is 1.25 bits per heavy atom. The minimum Gasteiger partial charge on any atom is -0.504 e. The highest BCUT2D eigenvalue weighted by molar-refractivity contribution is 5.56. The first-order chi connectivity index (χ1) is 9.63. The summed E-state index contributed by atoms with van der Waals surface area (Å²) in [6, 6.07) is 7.85. The average Bonchev–Trinajstić information content (AvgIpc) is 2.99. The first-order valence-electron chi connectivity index (χ1n) is 6.78. The summed E-state index contributed by atoms with van der Waals surface area (Å²) in [5, 5.41) is 0. The van der Waals surface area contributed by atoms with Gasteiger partial charge in [-0.15, -0.1) is 0 Å². The Bertz CT molecular complexity index is 448. The third-order valence-electron chi connectivity index (χ3n) is 3.16. The lowest BCUT2D eigenvalue weighted by atomic mass is 9.94.